The highest BCUT2D eigenvalue weighted by molar-refractivity contribution is 6.35. The molecule has 0 bridgehead atoms. The van der Waals surface area contributed by atoms with Crippen molar-refractivity contribution < 1.29 is 14.7 Å². The summed E-state index contributed by atoms with van der Waals surface area (Å²) >= 11 is 12.5. The zero-order valence-electron chi connectivity index (χ0n) is 19.2. The van der Waals surface area contributed by atoms with Crippen LogP contribution in [0.4, 0.5) is 0 Å². The van der Waals surface area contributed by atoms with Crippen LogP contribution in [-0.2, 0) is 11.2 Å². The van der Waals surface area contributed by atoms with Gasteiger partial charge in [0.15, 0.2) is 0 Å². The number of rotatable bonds is 7. The average molecular weight is 520 g/mol. The van der Waals surface area contributed by atoms with Crippen LogP contribution in [-0.4, -0.2) is 33.3 Å². The van der Waals surface area contributed by atoms with Gasteiger partial charge in [-0.05, 0) is 65.9 Å². The van der Waals surface area contributed by atoms with E-state index >= 15 is 0 Å². The van der Waals surface area contributed by atoms with Crippen LogP contribution < -0.4 is 5.32 Å². The van der Waals surface area contributed by atoms with Gasteiger partial charge in [0.1, 0.15) is 0 Å². The fourth-order valence-corrected chi connectivity index (χ4v) is 5.20. The molecule has 1 amide bonds. The Bertz CT molecular complexity index is 1430. The van der Waals surface area contributed by atoms with Gasteiger partial charge in [-0.1, -0.05) is 59.6 Å². The number of nitrogens with one attached hydrogen (secondary N) is 1. The standard InChI is InChI=1S/C28H23Cl2N3O3/c29-21-13-20(14-22(30)15-21)24-16-26(17-4-2-1-3-5-17)33(32-24)25-9-7-18-12-19(6-8-23(18)25)28(36)31-11-10-27(34)35/h1-6,8,12-16,25H,7,9-11H2,(H,31,36)(H,34,35). The Hall–Kier alpha value is -3.61. The maximum atomic E-state index is 12.5. The monoisotopic (exact) mass is 519 g/mol. The molecule has 0 spiro atoms. The summed E-state index contributed by atoms with van der Waals surface area (Å²) in [6, 6.07) is 23.2. The van der Waals surface area contributed by atoms with Crippen molar-refractivity contribution in [2.75, 3.05) is 6.54 Å². The molecular formula is C28H23Cl2N3O3. The van der Waals surface area contributed by atoms with Crippen molar-refractivity contribution in [2.24, 2.45) is 0 Å². The molecule has 3 aromatic carbocycles. The van der Waals surface area contributed by atoms with Gasteiger partial charge in [0.05, 0.1) is 23.9 Å². The Morgan fingerprint density at radius 3 is 2.44 bits per heavy atom. The minimum Gasteiger partial charge on any atom is -0.481 e. The molecule has 1 aliphatic carbocycles. The number of halogens is 2. The lowest BCUT2D eigenvalue weighted by Crippen LogP contribution is -2.26. The number of aryl methyl sites for hydroxylation is 1. The first-order valence-corrected chi connectivity index (χ1v) is 12.4. The lowest BCUT2D eigenvalue weighted by molar-refractivity contribution is -0.136. The van der Waals surface area contributed by atoms with Crippen LogP contribution in [0.5, 0.6) is 0 Å². The predicted molar refractivity (Wildman–Crippen MR) is 141 cm³/mol. The highest BCUT2D eigenvalue weighted by Gasteiger charge is 2.28. The first kappa shape index (κ1) is 24.1. The number of amides is 1. The number of aliphatic carboxylic acids is 1. The van der Waals surface area contributed by atoms with Gasteiger partial charge < -0.3 is 10.4 Å². The van der Waals surface area contributed by atoms with E-state index in [1.165, 1.54) is 0 Å². The number of hydrogen-bond donors (Lipinski definition) is 2. The van der Waals surface area contributed by atoms with Crippen LogP contribution in [0.1, 0.15) is 40.4 Å². The van der Waals surface area contributed by atoms with Crippen molar-refractivity contribution in [1.82, 2.24) is 15.1 Å². The minimum absolute atomic E-state index is 0.00253. The molecular weight excluding hydrogens is 497 g/mol. The van der Waals surface area contributed by atoms with E-state index in [0.717, 1.165) is 46.5 Å². The SMILES string of the molecule is O=C(O)CCNC(=O)c1ccc2c(c1)CCC2n1nc(-c2cc(Cl)cc(Cl)c2)cc1-c1ccccc1. The molecule has 1 aliphatic rings. The van der Waals surface area contributed by atoms with E-state index in [2.05, 4.69) is 28.2 Å². The van der Waals surface area contributed by atoms with Crippen LogP contribution in [0.15, 0.2) is 72.8 Å². The molecule has 1 atom stereocenters. The first-order valence-electron chi connectivity index (χ1n) is 11.6. The molecule has 1 unspecified atom stereocenters. The molecule has 5 rings (SSSR count). The maximum Gasteiger partial charge on any atom is 0.305 e. The summed E-state index contributed by atoms with van der Waals surface area (Å²) in [5.74, 6) is -1.22. The minimum atomic E-state index is -0.944. The molecule has 0 saturated heterocycles. The second kappa shape index (κ2) is 10.2. The van der Waals surface area contributed by atoms with Gasteiger partial charge in [0.2, 0.25) is 0 Å². The number of aromatic nitrogens is 2. The number of carbonyl (C=O) groups is 2. The lowest BCUT2D eigenvalue weighted by atomic mass is 10.0. The second-order valence-corrected chi connectivity index (χ2v) is 9.62. The fraction of sp³-hybridized carbons (Fsp3) is 0.179. The van der Waals surface area contributed by atoms with E-state index in [1.54, 1.807) is 12.1 Å². The number of hydrogen-bond acceptors (Lipinski definition) is 3. The Morgan fingerprint density at radius 2 is 1.72 bits per heavy atom. The Balaban J connectivity index is 1.50. The summed E-state index contributed by atoms with van der Waals surface area (Å²) in [6.07, 6.45) is 1.54. The van der Waals surface area contributed by atoms with Crippen molar-refractivity contribution >= 4 is 35.1 Å². The summed E-state index contributed by atoms with van der Waals surface area (Å²) in [4.78, 5) is 23.2. The fourth-order valence-electron chi connectivity index (χ4n) is 4.67. The van der Waals surface area contributed by atoms with Gasteiger partial charge >= 0.3 is 5.97 Å². The predicted octanol–water partition coefficient (Wildman–Crippen LogP) is 6.26. The van der Waals surface area contributed by atoms with E-state index in [9.17, 15) is 9.59 Å². The third kappa shape index (κ3) is 5.01. The molecule has 36 heavy (non-hydrogen) atoms. The molecule has 6 nitrogen and oxygen atoms in total. The van der Waals surface area contributed by atoms with Crippen LogP contribution in [0.25, 0.3) is 22.5 Å². The van der Waals surface area contributed by atoms with E-state index < -0.39 is 5.97 Å². The average Bonchev–Trinajstić information content (AvgIpc) is 3.48. The Labute approximate surface area is 218 Å². The van der Waals surface area contributed by atoms with Crippen molar-refractivity contribution in [3.8, 4) is 22.5 Å². The Morgan fingerprint density at radius 1 is 0.972 bits per heavy atom. The number of carboxylic acid groups (broad SMARTS) is 1. The summed E-state index contributed by atoms with van der Waals surface area (Å²) in [6.45, 7) is 0.0951. The highest BCUT2D eigenvalue weighted by Crippen LogP contribution is 2.39. The number of fused-ring (bicyclic) bond motifs is 1. The molecule has 182 valence electrons. The van der Waals surface area contributed by atoms with Crippen molar-refractivity contribution in [3.63, 3.8) is 0 Å². The van der Waals surface area contributed by atoms with Crippen LogP contribution in [0.3, 0.4) is 0 Å². The number of benzene rings is 3. The third-order valence-corrected chi connectivity index (χ3v) is 6.77. The van der Waals surface area contributed by atoms with Gasteiger partial charge in [-0.25, -0.2) is 0 Å². The smallest absolute Gasteiger partial charge is 0.305 e. The summed E-state index contributed by atoms with van der Waals surface area (Å²) in [7, 11) is 0. The number of carbonyl (C=O) groups excluding carboxylic acids is 1. The van der Waals surface area contributed by atoms with Gasteiger partial charge in [-0.2, -0.15) is 5.10 Å². The van der Waals surface area contributed by atoms with Crippen molar-refractivity contribution in [1.29, 1.82) is 0 Å². The second-order valence-electron chi connectivity index (χ2n) is 8.75. The van der Waals surface area contributed by atoms with Crippen LogP contribution in [0, 0.1) is 0 Å². The first-order chi connectivity index (χ1) is 17.4. The Kier molecular flexibility index (Phi) is 6.81. The largest absolute Gasteiger partial charge is 0.481 e. The lowest BCUT2D eigenvalue weighted by Gasteiger charge is -2.17. The molecule has 0 radical (unpaired) electrons. The molecule has 2 N–H and O–H groups in total. The van der Waals surface area contributed by atoms with Crippen molar-refractivity contribution in [3.05, 3.63) is 99.5 Å². The molecule has 0 fully saturated rings. The third-order valence-electron chi connectivity index (χ3n) is 6.33. The van der Waals surface area contributed by atoms with Crippen LogP contribution >= 0.6 is 23.2 Å². The molecule has 0 aliphatic heterocycles. The zero-order valence-corrected chi connectivity index (χ0v) is 20.8. The summed E-state index contributed by atoms with van der Waals surface area (Å²) < 4.78 is 2.05. The maximum absolute atomic E-state index is 12.5. The summed E-state index contributed by atoms with van der Waals surface area (Å²) in [5.41, 5.74) is 6.39. The van der Waals surface area contributed by atoms with Gasteiger partial charge in [0, 0.05) is 27.7 Å². The van der Waals surface area contributed by atoms with E-state index in [-0.39, 0.29) is 24.9 Å². The van der Waals surface area contributed by atoms with Gasteiger partial charge in [-0.15, -0.1) is 0 Å². The number of carboxylic acids is 1. The molecule has 4 aromatic rings. The topological polar surface area (TPSA) is 84.2 Å². The van der Waals surface area contributed by atoms with E-state index in [4.69, 9.17) is 33.4 Å². The molecule has 8 heteroatoms. The van der Waals surface area contributed by atoms with E-state index in [1.807, 2.05) is 42.5 Å². The molecule has 1 aromatic heterocycles. The van der Waals surface area contributed by atoms with Gasteiger partial charge in [0.25, 0.3) is 5.91 Å². The quantitative estimate of drug-likeness (QED) is 0.301. The zero-order chi connectivity index (χ0) is 25.2. The normalized spacial score (nSPS) is 14.4. The highest BCUT2D eigenvalue weighted by atomic mass is 35.5. The van der Waals surface area contributed by atoms with Gasteiger partial charge in [-0.3, -0.25) is 14.3 Å². The molecule has 1 heterocycles. The van der Waals surface area contributed by atoms with Crippen molar-refractivity contribution in [2.45, 2.75) is 25.3 Å². The molecule has 0 saturated carbocycles. The van der Waals surface area contributed by atoms with E-state index in [0.29, 0.717) is 15.6 Å². The van der Waals surface area contributed by atoms with Crippen LogP contribution in [0.2, 0.25) is 10.0 Å². The summed E-state index contributed by atoms with van der Waals surface area (Å²) in [5, 5.41) is 17.6. The number of nitrogens with zero attached hydrogens (tertiary/aromatic N) is 2.